The van der Waals surface area contributed by atoms with E-state index in [9.17, 15) is 8.60 Å². The van der Waals surface area contributed by atoms with E-state index in [4.69, 9.17) is 9.26 Å². The molecule has 0 spiro atoms. The van der Waals surface area contributed by atoms with Crippen LogP contribution in [0.3, 0.4) is 0 Å². The van der Waals surface area contributed by atoms with Crippen LogP contribution in [0.2, 0.25) is 0 Å². The Hall–Kier alpha value is -2.81. The molecule has 2 aromatic heterocycles. The van der Waals surface area contributed by atoms with Crippen LogP contribution in [0.5, 0.6) is 5.75 Å². The molecule has 2 fully saturated rings. The number of halogens is 1. The summed E-state index contributed by atoms with van der Waals surface area (Å²) >= 11 is 0. The molecule has 1 aromatic carbocycles. The van der Waals surface area contributed by atoms with E-state index in [2.05, 4.69) is 33.9 Å². The van der Waals surface area contributed by atoms with Crippen molar-refractivity contribution in [3.05, 3.63) is 48.2 Å². The summed E-state index contributed by atoms with van der Waals surface area (Å²) in [7, 11) is -1.36. The van der Waals surface area contributed by atoms with Crippen LogP contribution in [0.15, 0.2) is 45.9 Å². The average Bonchev–Trinajstić information content (AvgIpc) is 3.16. The van der Waals surface area contributed by atoms with Crippen LogP contribution in [0.1, 0.15) is 25.6 Å². The number of pyridine rings is 1. The van der Waals surface area contributed by atoms with Crippen molar-refractivity contribution in [2.75, 3.05) is 30.9 Å². The van der Waals surface area contributed by atoms with Gasteiger partial charge in [-0.3, -0.25) is 9.19 Å². The Balaban J connectivity index is 1.14. The van der Waals surface area contributed by atoms with Crippen molar-refractivity contribution in [1.29, 1.82) is 0 Å². The quantitative estimate of drug-likeness (QED) is 0.533. The summed E-state index contributed by atoms with van der Waals surface area (Å²) in [6, 6.07) is 8.92. The summed E-state index contributed by atoms with van der Waals surface area (Å²) in [5, 5.41) is 4.05. The highest BCUT2D eigenvalue weighted by Gasteiger charge is 2.56. The second-order valence-corrected chi connectivity index (χ2v) is 10.1. The molecule has 0 N–H and O–H groups in total. The lowest BCUT2D eigenvalue weighted by Gasteiger charge is -2.16. The molecule has 9 heteroatoms. The van der Waals surface area contributed by atoms with E-state index in [1.54, 1.807) is 18.3 Å². The van der Waals surface area contributed by atoms with Crippen molar-refractivity contribution < 1.29 is 17.9 Å². The van der Waals surface area contributed by atoms with Gasteiger partial charge in [0.1, 0.15) is 11.6 Å². The first kappa shape index (κ1) is 21.1. The number of fused-ring (bicyclic) bond motifs is 1. The molecule has 3 aromatic rings. The molecule has 7 nitrogen and oxygen atoms in total. The molecule has 0 amide bonds. The number of nitrogens with zero attached hydrogens (tertiary/aromatic N) is 4. The zero-order valence-electron chi connectivity index (χ0n) is 18.2. The SMILES string of the molecule is CC(C)c1noc(N2CC3C(COc4ccc(-c5ccc(S(C)=O)c(F)c5)nc4)C3C2)n1. The van der Waals surface area contributed by atoms with E-state index in [1.165, 1.54) is 12.3 Å². The third-order valence-corrected chi connectivity index (χ3v) is 7.26. The van der Waals surface area contributed by atoms with Crippen LogP contribution in [-0.4, -0.2) is 45.3 Å². The lowest BCUT2D eigenvalue weighted by molar-refractivity contribution is 0.281. The molecule has 3 heterocycles. The molecular weight excluding hydrogens is 431 g/mol. The predicted molar refractivity (Wildman–Crippen MR) is 119 cm³/mol. The molecule has 0 bridgehead atoms. The van der Waals surface area contributed by atoms with Gasteiger partial charge in [0.25, 0.3) is 0 Å². The molecule has 2 aliphatic rings. The lowest BCUT2D eigenvalue weighted by atomic mass is 10.1. The van der Waals surface area contributed by atoms with Gasteiger partial charge in [-0.15, -0.1) is 0 Å². The highest BCUT2D eigenvalue weighted by Crippen LogP contribution is 2.52. The summed E-state index contributed by atoms with van der Waals surface area (Å²) in [6.07, 6.45) is 3.12. The molecule has 0 radical (unpaired) electrons. The normalized spacial score (nSPS) is 22.8. The van der Waals surface area contributed by atoms with Gasteiger partial charge in [-0.25, -0.2) is 4.39 Å². The average molecular weight is 457 g/mol. The maximum atomic E-state index is 14.1. The summed E-state index contributed by atoms with van der Waals surface area (Å²) in [6.45, 7) is 6.58. The minimum atomic E-state index is -1.36. The maximum absolute atomic E-state index is 14.1. The number of hydrogen-bond acceptors (Lipinski definition) is 7. The monoisotopic (exact) mass is 456 g/mol. The van der Waals surface area contributed by atoms with Crippen molar-refractivity contribution in [3.63, 3.8) is 0 Å². The van der Waals surface area contributed by atoms with Crippen LogP contribution >= 0.6 is 0 Å². The third kappa shape index (κ3) is 4.01. The first-order valence-corrected chi connectivity index (χ1v) is 12.3. The number of piperidine rings is 1. The van der Waals surface area contributed by atoms with Gasteiger partial charge in [0, 0.05) is 36.7 Å². The summed E-state index contributed by atoms with van der Waals surface area (Å²) in [4.78, 5) is 11.2. The van der Waals surface area contributed by atoms with Crippen LogP contribution in [0, 0.1) is 23.6 Å². The van der Waals surface area contributed by atoms with E-state index in [0.29, 0.717) is 47.4 Å². The Morgan fingerprint density at radius 1 is 1.25 bits per heavy atom. The fourth-order valence-electron chi connectivity index (χ4n) is 4.36. The zero-order valence-corrected chi connectivity index (χ0v) is 19.0. The smallest absolute Gasteiger partial charge is 0.324 e. The number of rotatable bonds is 7. The van der Waals surface area contributed by atoms with Gasteiger partial charge < -0.3 is 14.2 Å². The molecule has 5 rings (SSSR count). The van der Waals surface area contributed by atoms with Crippen molar-refractivity contribution in [1.82, 2.24) is 15.1 Å². The molecular formula is C23H25FN4O3S. The van der Waals surface area contributed by atoms with Crippen LogP contribution in [0.25, 0.3) is 11.3 Å². The number of aromatic nitrogens is 3. The minimum Gasteiger partial charge on any atom is -0.492 e. The first-order chi connectivity index (χ1) is 15.4. The van der Waals surface area contributed by atoms with Crippen molar-refractivity contribution in [2.24, 2.45) is 17.8 Å². The number of ether oxygens (including phenoxy) is 1. The Kier molecular flexibility index (Phi) is 5.44. The number of benzene rings is 1. The van der Waals surface area contributed by atoms with E-state index in [1.807, 2.05) is 12.1 Å². The second-order valence-electron chi connectivity index (χ2n) is 8.78. The highest BCUT2D eigenvalue weighted by molar-refractivity contribution is 7.84. The van der Waals surface area contributed by atoms with Crippen molar-refractivity contribution >= 4 is 16.8 Å². The van der Waals surface area contributed by atoms with Gasteiger partial charge in [-0.05, 0) is 36.1 Å². The molecule has 1 saturated heterocycles. The standard InChI is InChI=1S/C23H25FN4O3S/c1-13(2)22-26-23(31-27-22)28-10-16-17(11-28)18(16)12-30-15-5-6-20(25-9-15)14-4-7-21(32(3)29)19(24)8-14/h4-9,13,16-18H,10-12H2,1-3H3. The van der Waals surface area contributed by atoms with E-state index < -0.39 is 16.6 Å². The van der Waals surface area contributed by atoms with E-state index in [0.717, 1.165) is 18.9 Å². The van der Waals surface area contributed by atoms with E-state index >= 15 is 0 Å². The van der Waals surface area contributed by atoms with Crippen LogP contribution in [-0.2, 0) is 10.8 Å². The van der Waals surface area contributed by atoms with Gasteiger partial charge >= 0.3 is 6.01 Å². The highest BCUT2D eigenvalue weighted by atomic mass is 32.2. The molecule has 1 aliphatic carbocycles. The van der Waals surface area contributed by atoms with Gasteiger partial charge in [0.05, 0.1) is 34.2 Å². The Bertz CT molecular complexity index is 1140. The molecule has 3 atom stereocenters. The summed E-state index contributed by atoms with van der Waals surface area (Å²) in [5.74, 6) is 2.91. The van der Waals surface area contributed by atoms with E-state index in [-0.39, 0.29) is 10.8 Å². The Morgan fingerprint density at radius 3 is 2.62 bits per heavy atom. The molecule has 1 aliphatic heterocycles. The number of hydrogen-bond donors (Lipinski definition) is 0. The van der Waals surface area contributed by atoms with Crippen molar-refractivity contribution in [2.45, 2.75) is 24.7 Å². The fourth-order valence-corrected chi connectivity index (χ4v) is 4.96. The van der Waals surface area contributed by atoms with Gasteiger partial charge in [-0.1, -0.05) is 25.1 Å². The minimum absolute atomic E-state index is 0.196. The predicted octanol–water partition coefficient (Wildman–Crippen LogP) is 3.89. The second kappa shape index (κ2) is 8.27. The Labute approximate surface area is 188 Å². The van der Waals surface area contributed by atoms with Gasteiger partial charge in [-0.2, -0.15) is 4.98 Å². The topological polar surface area (TPSA) is 81.4 Å². The fraction of sp³-hybridized carbons (Fsp3) is 0.435. The molecule has 32 heavy (non-hydrogen) atoms. The van der Waals surface area contributed by atoms with Crippen LogP contribution in [0.4, 0.5) is 10.4 Å². The van der Waals surface area contributed by atoms with Gasteiger partial charge in [0.15, 0.2) is 5.82 Å². The molecule has 168 valence electrons. The molecule has 1 saturated carbocycles. The maximum Gasteiger partial charge on any atom is 0.324 e. The third-order valence-electron chi connectivity index (χ3n) is 6.31. The summed E-state index contributed by atoms with van der Waals surface area (Å²) < 4.78 is 37.0. The van der Waals surface area contributed by atoms with Gasteiger partial charge in [0.2, 0.25) is 0 Å². The van der Waals surface area contributed by atoms with Crippen LogP contribution < -0.4 is 9.64 Å². The van der Waals surface area contributed by atoms with Crippen molar-refractivity contribution in [3.8, 4) is 17.0 Å². The lowest BCUT2D eigenvalue weighted by Crippen LogP contribution is -2.25. The largest absolute Gasteiger partial charge is 0.492 e. The number of anilines is 1. The summed E-state index contributed by atoms with van der Waals surface area (Å²) in [5.41, 5.74) is 1.28. The first-order valence-electron chi connectivity index (χ1n) is 10.7. The zero-order chi connectivity index (χ0) is 22.4. The molecule has 3 unspecified atom stereocenters. The Morgan fingerprint density at radius 2 is 2.03 bits per heavy atom.